The number of benzene rings is 2. The Balaban J connectivity index is 2.51. The second kappa shape index (κ2) is 9.64. The van der Waals surface area contributed by atoms with Gasteiger partial charge >= 0.3 is 0 Å². The number of para-hydroxylation sites is 1. The summed E-state index contributed by atoms with van der Waals surface area (Å²) >= 11 is 0. The fourth-order valence-corrected chi connectivity index (χ4v) is 4.71. The third-order valence-corrected chi connectivity index (χ3v) is 6.08. The van der Waals surface area contributed by atoms with Crippen LogP contribution in [0.4, 0.5) is 5.69 Å². The topological polar surface area (TPSA) is 63.1 Å². The molecule has 0 heterocycles. The van der Waals surface area contributed by atoms with Gasteiger partial charge in [-0.3, -0.25) is 4.99 Å². The zero-order chi connectivity index (χ0) is 18.1. The standard InChI is InChI=1S/C19H25NO4P/c1-4-22-25(23-5-2,24-6-3)18-15-11-10-14-17(18)20-19(21)16-12-8-7-9-13-16/h7-15H,4-6H2,1-3H3,(H,20,21)/p-1. The minimum atomic E-state index is -2.78. The lowest BCUT2D eigenvalue weighted by Gasteiger charge is -2.34. The first-order valence-corrected chi connectivity index (χ1v) is 9.94. The van der Waals surface area contributed by atoms with Crippen molar-refractivity contribution in [3.8, 4) is 0 Å². The zero-order valence-corrected chi connectivity index (χ0v) is 15.7. The maximum absolute atomic E-state index is 12.5. The van der Waals surface area contributed by atoms with E-state index in [1.165, 1.54) is 0 Å². The molecule has 2 aromatic rings. The quantitative estimate of drug-likeness (QED) is 0.389. The van der Waals surface area contributed by atoms with Gasteiger partial charge in [-0.25, -0.2) is 0 Å². The molecule has 0 fully saturated rings. The highest BCUT2D eigenvalue weighted by Crippen LogP contribution is 2.62. The molecule has 0 aromatic heterocycles. The molecule has 1 radical (unpaired) electrons. The lowest BCUT2D eigenvalue weighted by atomic mass is 10.2. The lowest BCUT2D eigenvalue weighted by Crippen LogP contribution is -2.22. The van der Waals surface area contributed by atoms with Crippen molar-refractivity contribution in [3.63, 3.8) is 0 Å². The summed E-state index contributed by atoms with van der Waals surface area (Å²) in [5.74, 6) is -0.310. The molecule has 135 valence electrons. The molecule has 2 aromatic carbocycles. The average Bonchev–Trinajstić information content (AvgIpc) is 2.63. The Labute approximate surface area is 149 Å². The monoisotopic (exact) mass is 361 g/mol. The van der Waals surface area contributed by atoms with Gasteiger partial charge in [0.25, 0.3) is 7.94 Å². The van der Waals surface area contributed by atoms with E-state index in [9.17, 15) is 5.11 Å². The summed E-state index contributed by atoms with van der Waals surface area (Å²) in [5.41, 5.74) is 1.05. The minimum Gasteiger partial charge on any atom is -0.858 e. The van der Waals surface area contributed by atoms with Gasteiger partial charge in [-0.05, 0) is 44.4 Å². The SMILES string of the molecule is CCO[P](OCC)(OCC)c1ccccc1N=C([O-])c1ccccc1. The maximum Gasteiger partial charge on any atom is 0.267 e. The van der Waals surface area contributed by atoms with Crippen LogP contribution in [0.5, 0.6) is 0 Å². The molecule has 0 bridgehead atoms. The smallest absolute Gasteiger partial charge is 0.267 e. The predicted molar refractivity (Wildman–Crippen MR) is 101 cm³/mol. The molecule has 0 N–H and O–H groups in total. The second-order valence-corrected chi connectivity index (χ2v) is 7.27. The summed E-state index contributed by atoms with van der Waals surface area (Å²) < 4.78 is 17.8. The van der Waals surface area contributed by atoms with Gasteiger partial charge in [0, 0.05) is 0 Å². The Kier molecular flexibility index (Phi) is 7.53. The van der Waals surface area contributed by atoms with Crippen LogP contribution in [-0.4, -0.2) is 25.7 Å². The molecule has 0 saturated carbocycles. The van der Waals surface area contributed by atoms with E-state index in [1.807, 2.05) is 57.2 Å². The van der Waals surface area contributed by atoms with Crippen molar-refractivity contribution >= 4 is 24.8 Å². The molecule has 0 amide bonds. The Morgan fingerprint density at radius 3 is 1.92 bits per heavy atom. The first-order chi connectivity index (χ1) is 12.2. The van der Waals surface area contributed by atoms with Gasteiger partial charge < -0.3 is 18.7 Å². The van der Waals surface area contributed by atoms with E-state index in [-0.39, 0.29) is 5.90 Å². The molecule has 5 nitrogen and oxygen atoms in total. The van der Waals surface area contributed by atoms with Crippen molar-refractivity contribution in [2.45, 2.75) is 20.8 Å². The van der Waals surface area contributed by atoms with Crippen LogP contribution in [0.15, 0.2) is 59.6 Å². The van der Waals surface area contributed by atoms with E-state index in [2.05, 4.69) is 4.99 Å². The second-order valence-electron chi connectivity index (χ2n) is 5.02. The molecular weight excluding hydrogens is 337 g/mol. The van der Waals surface area contributed by atoms with Crippen LogP contribution in [0, 0.1) is 0 Å². The predicted octanol–water partition coefficient (Wildman–Crippen LogP) is 3.62. The van der Waals surface area contributed by atoms with E-state index in [1.54, 1.807) is 18.2 Å². The van der Waals surface area contributed by atoms with E-state index < -0.39 is 7.94 Å². The number of nitrogens with zero attached hydrogens (tertiary/aromatic N) is 1. The van der Waals surface area contributed by atoms with Crippen molar-refractivity contribution < 1.29 is 18.7 Å². The van der Waals surface area contributed by atoms with E-state index >= 15 is 0 Å². The molecule has 0 aliphatic carbocycles. The van der Waals surface area contributed by atoms with Crippen molar-refractivity contribution in [2.24, 2.45) is 4.99 Å². The first kappa shape index (κ1) is 19.5. The van der Waals surface area contributed by atoms with Gasteiger partial charge in [0.1, 0.15) is 0 Å². The van der Waals surface area contributed by atoms with E-state index in [0.717, 1.165) is 0 Å². The molecule has 0 aliphatic rings. The van der Waals surface area contributed by atoms with E-state index in [4.69, 9.17) is 13.6 Å². The van der Waals surface area contributed by atoms with E-state index in [0.29, 0.717) is 36.4 Å². The fourth-order valence-electron chi connectivity index (χ4n) is 2.38. The molecule has 0 unspecified atom stereocenters. The highest BCUT2D eigenvalue weighted by Gasteiger charge is 2.36. The number of aliphatic imine (C=N–C) groups is 1. The van der Waals surface area contributed by atoms with Crippen molar-refractivity contribution in [3.05, 3.63) is 60.2 Å². The highest BCUT2D eigenvalue weighted by molar-refractivity contribution is 7.69. The summed E-state index contributed by atoms with van der Waals surface area (Å²) in [6, 6.07) is 16.3. The lowest BCUT2D eigenvalue weighted by molar-refractivity contribution is -0.212. The zero-order valence-electron chi connectivity index (χ0n) is 14.8. The summed E-state index contributed by atoms with van der Waals surface area (Å²) in [5, 5.41) is 13.2. The third-order valence-electron chi connectivity index (χ3n) is 3.32. The minimum absolute atomic E-state index is 0.310. The summed E-state index contributed by atoms with van der Waals surface area (Å²) in [7, 11) is -2.78. The number of rotatable bonds is 9. The molecule has 0 aliphatic heterocycles. The molecule has 25 heavy (non-hydrogen) atoms. The summed E-state index contributed by atoms with van der Waals surface area (Å²) in [6.07, 6.45) is 0. The van der Waals surface area contributed by atoms with Crippen LogP contribution in [0.25, 0.3) is 0 Å². The van der Waals surface area contributed by atoms with Gasteiger partial charge in [-0.1, -0.05) is 42.5 Å². The van der Waals surface area contributed by atoms with Crippen molar-refractivity contribution in [2.75, 3.05) is 19.8 Å². The first-order valence-electron chi connectivity index (χ1n) is 8.40. The Bertz CT molecular complexity index is 674. The normalized spacial score (nSPS) is 12.4. The largest absolute Gasteiger partial charge is 0.858 e. The summed E-state index contributed by atoms with van der Waals surface area (Å²) in [6.45, 7) is 6.99. The molecule has 6 heteroatoms. The third kappa shape index (κ3) is 4.86. The maximum atomic E-state index is 12.5. The highest BCUT2D eigenvalue weighted by atomic mass is 31.2. The van der Waals surface area contributed by atoms with Crippen LogP contribution in [0.1, 0.15) is 26.3 Å². The van der Waals surface area contributed by atoms with Crippen LogP contribution < -0.4 is 10.4 Å². The van der Waals surface area contributed by atoms with Crippen LogP contribution in [0.2, 0.25) is 0 Å². The molecule has 2 rings (SSSR count). The number of hydrogen-bond donors (Lipinski definition) is 0. The Morgan fingerprint density at radius 1 is 0.840 bits per heavy atom. The van der Waals surface area contributed by atoms with Gasteiger partial charge in [0.2, 0.25) is 0 Å². The molecule has 0 atom stereocenters. The summed E-state index contributed by atoms with van der Waals surface area (Å²) in [4.78, 5) is 4.29. The Morgan fingerprint density at radius 2 is 1.36 bits per heavy atom. The van der Waals surface area contributed by atoms with Gasteiger partial charge in [0.05, 0.1) is 30.8 Å². The fraction of sp³-hybridized carbons (Fsp3) is 0.316. The molecule has 0 saturated heterocycles. The van der Waals surface area contributed by atoms with Gasteiger partial charge in [-0.2, -0.15) is 0 Å². The van der Waals surface area contributed by atoms with Crippen LogP contribution in [0.3, 0.4) is 0 Å². The van der Waals surface area contributed by atoms with Crippen molar-refractivity contribution in [1.29, 1.82) is 0 Å². The molecular formula is C19H24NO4P-. The average molecular weight is 361 g/mol. The van der Waals surface area contributed by atoms with Gasteiger partial charge in [-0.15, -0.1) is 0 Å². The van der Waals surface area contributed by atoms with Gasteiger partial charge in [0.15, 0.2) is 0 Å². The van der Waals surface area contributed by atoms with Crippen molar-refractivity contribution in [1.82, 2.24) is 0 Å². The van der Waals surface area contributed by atoms with Crippen LogP contribution >= 0.6 is 7.94 Å². The number of hydrogen-bond acceptors (Lipinski definition) is 5. The molecule has 0 spiro atoms. The Hall–Kier alpha value is -1.78. The van der Waals surface area contributed by atoms with Crippen LogP contribution in [-0.2, 0) is 13.6 Å².